The summed E-state index contributed by atoms with van der Waals surface area (Å²) >= 11 is 6.13. The van der Waals surface area contributed by atoms with Gasteiger partial charge in [-0.1, -0.05) is 0 Å². The van der Waals surface area contributed by atoms with Crippen molar-refractivity contribution in [1.29, 1.82) is 0 Å². The zero-order valence-corrected chi connectivity index (χ0v) is 13.3. The normalized spacial score (nSPS) is 10.2. The molecular weight excluding hydrogens is 366 g/mol. The van der Waals surface area contributed by atoms with Crippen LogP contribution in [0, 0.1) is 0 Å². The van der Waals surface area contributed by atoms with E-state index in [9.17, 15) is 9.59 Å². The van der Waals surface area contributed by atoms with Gasteiger partial charge in [0.15, 0.2) is 5.69 Å². The Morgan fingerprint density at radius 1 is 1.30 bits per heavy atom. The first-order chi connectivity index (χ1) is 9.56. The van der Waals surface area contributed by atoms with Crippen molar-refractivity contribution in [3.05, 3.63) is 36.9 Å². The molecule has 2 heterocycles. The van der Waals surface area contributed by atoms with Gasteiger partial charge in [-0.15, -0.1) is 22.7 Å². The minimum absolute atomic E-state index is 0.00488. The van der Waals surface area contributed by atoms with Gasteiger partial charge in [0.2, 0.25) is 0 Å². The summed E-state index contributed by atoms with van der Waals surface area (Å²) < 4.78 is 0.967. The summed E-state index contributed by atoms with van der Waals surface area (Å²) in [6.07, 6.45) is 0. The molecule has 0 bridgehead atoms. The molecule has 0 fully saturated rings. The van der Waals surface area contributed by atoms with Gasteiger partial charge in [-0.2, -0.15) is 0 Å². The van der Waals surface area contributed by atoms with Gasteiger partial charge in [0, 0.05) is 14.7 Å². The number of carbonyl (C=O) groups excluding carboxylic acids is 1. The van der Waals surface area contributed by atoms with Gasteiger partial charge in [0.05, 0.1) is 13.1 Å². The van der Waals surface area contributed by atoms with Gasteiger partial charge >= 0.3 is 12.0 Å². The molecule has 0 aliphatic rings. The molecule has 0 aliphatic heterocycles. The fourth-order valence-corrected chi connectivity index (χ4v) is 3.46. The van der Waals surface area contributed by atoms with Gasteiger partial charge in [0.25, 0.3) is 0 Å². The van der Waals surface area contributed by atoms with Crippen LogP contribution in [0.3, 0.4) is 0 Å². The van der Waals surface area contributed by atoms with Crippen molar-refractivity contribution in [3.8, 4) is 0 Å². The number of aromatic nitrogens is 1. The molecule has 9 heteroatoms. The summed E-state index contributed by atoms with van der Waals surface area (Å²) in [6, 6.07) is 1.60. The van der Waals surface area contributed by atoms with E-state index in [-0.39, 0.29) is 18.3 Å². The Kier molecular flexibility index (Phi) is 5.10. The van der Waals surface area contributed by atoms with Crippen LogP contribution in [0.15, 0.2) is 21.3 Å². The quantitative estimate of drug-likeness (QED) is 0.748. The van der Waals surface area contributed by atoms with Crippen LogP contribution in [0.1, 0.15) is 20.4 Å². The summed E-state index contributed by atoms with van der Waals surface area (Å²) in [6.45, 7) is 0.637. The zero-order chi connectivity index (χ0) is 14.5. The highest BCUT2D eigenvalue weighted by atomic mass is 79.9. The van der Waals surface area contributed by atoms with Gasteiger partial charge in [0.1, 0.15) is 5.01 Å². The van der Waals surface area contributed by atoms with Crippen molar-refractivity contribution in [2.24, 2.45) is 0 Å². The van der Waals surface area contributed by atoms with E-state index in [1.807, 2.05) is 11.4 Å². The smallest absolute Gasteiger partial charge is 0.355 e. The maximum Gasteiger partial charge on any atom is 0.355 e. The van der Waals surface area contributed by atoms with Gasteiger partial charge in [-0.3, -0.25) is 0 Å². The number of rotatable bonds is 5. The second-order valence-electron chi connectivity index (χ2n) is 3.66. The van der Waals surface area contributed by atoms with E-state index >= 15 is 0 Å². The molecule has 0 aliphatic carbocycles. The van der Waals surface area contributed by atoms with Crippen LogP contribution in [0.5, 0.6) is 0 Å². The fraction of sp³-hybridized carbons (Fsp3) is 0.182. The first kappa shape index (κ1) is 14.9. The summed E-state index contributed by atoms with van der Waals surface area (Å²) in [5, 5.41) is 18.0. The molecule has 0 aromatic carbocycles. The SMILES string of the molecule is O=C(NCc1nc(C(=O)O)cs1)NCc1sccc1Br. The molecule has 0 atom stereocenters. The van der Waals surface area contributed by atoms with Gasteiger partial charge in [-0.25, -0.2) is 14.6 Å². The average molecular weight is 376 g/mol. The lowest BCUT2D eigenvalue weighted by Gasteiger charge is -2.05. The third-order valence-corrected chi connectivity index (χ3v) is 5.05. The number of carbonyl (C=O) groups is 2. The molecule has 106 valence electrons. The van der Waals surface area contributed by atoms with Gasteiger partial charge in [-0.05, 0) is 27.4 Å². The lowest BCUT2D eigenvalue weighted by Crippen LogP contribution is -2.34. The molecule has 0 unspecified atom stereocenters. The van der Waals surface area contributed by atoms with Crippen LogP contribution in [0.2, 0.25) is 0 Å². The minimum atomic E-state index is -1.07. The number of aromatic carboxylic acids is 1. The van der Waals surface area contributed by atoms with Crippen LogP contribution < -0.4 is 10.6 Å². The number of hydrogen-bond acceptors (Lipinski definition) is 5. The molecule has 3 N–H and O–H groups in total. The number of carboxylic acid groups (broad SMARTS) is 1. The van der Waals surface area contributed by atoms with Crippen LogP contribution in [0.4, 0.5) is 4.79 Å². The van der Waals surface area contributed by atoms with E-state index in [1.54, 1.807) is 11.3 Å². The van der Waals surface area contributed by atoms with E-state index in [0.717, 1.165) is 9.35 Å². The number of amides is 2. The number of nitrogens with one attached hydrogen (secondary N) is 2. The molecule has 2 amide bonds. The molecule has 0 spiro atoms. The third-order valence-electron chi connectivity index (χ3n) is 2.27. The third kappa shape index (κ3) is 4.02. The molecule has 0 saturated heterocycles. The predicted molar refractivity (Wildman–Crippen MR) is 80.2 cm³/mol. The molecule has 6 nitrogen and oxygen atoms in total. The molecular formula is C11H10BrN3O3S2. The van der Waals surface area contributed by atoms with E-state index in [0.29, 0.717) is 11.6 Å². The molecule has 20 heavy (non-hydrogen) atoms. The molecule has 2 rings (SSSR count). The maximum absolute atomic E-state index is 11.6. The number of hydrogen-bond donors (Lipinski definition) is 3. The Balaban J connectivity index is 1.77. The highest BCUT2D eigenvalue weighted by Crippen LogP contribution is 2.22. The highest BCUT2D eigenvalue weighted by Gasteiger charge is 2.09. The van der Waals surface area contributed by atoms with Crippen LogP contribution in [-0.2, 0) is 13.1 Å². The van der Waals surface area contributed by atoms with Crippen molar-refractivity contribution in [2.45, 2.75) is 13.1 Å². The second kappa shape index (κ2) is 6.82. The monoisotopic (exact) mass is 375 g/mol. The summed E-state index contributed by atoms with van der Waals surface area (Å²) in [5.74, 6) is -1.07. The van der Waals surface area contributed by atoms with Crippen molar-refractivity contribution in [2.75, 3.05) is 0 Å². The maximum atomic E-state index is 11.6. The summed E-state index contributed by atoms with van der Waals surface area (Å²) in [5.41, 5.74) is -0.00488. The number of thiophene rings is 1. The summed E-state index contributed by atoms with van der Waals surface area (Å²) in [7, 11) is 0. The molecule has 2 aromatic rings. The molecule has 0 radical (unpaired) electrons. The van der Waals surface area contributed by atoms with Crippen molar-refractivity contribution in [3.63, 3.8) is 0 Å². The predicted octanol–water partition coefficient (Wildman–Crippen LogP) is 2.66. The van der Waals surface area contributed by atoms with Crippen LogP contribution >= 0.6 is 38.6 Å². The van der Waals surface area contributed by atoms with Crippen LogP contribution in [0.25, 0.3) is 0 Å². The fourth-order valence-electron chi connectivity index (χ4n) is 1.32. The zero-order valence-electron chi connectivity index (χ0n) is 10.1. The first-order valence-electron chi connectivity index (χ1n) is 5.47. The Labute approximate surface area is 131 Å². The second-order valence-corrected chi connectivity index (χ2v) is 6.46. The lowest BCUT2D eigenvalue weighted by molar-refractivity contribution is 0.0691. The Morgan fingerprint density at radius 2 is 2.05 bits per heavy atom. The number of carboxylic acids is 1. The lowest BCUT2D eigenvalue weighted by atomic mass is 10.4. The Hall–Kier alpha value is -1.45. The van der Waals surface area contributed by atoms with Crippen LogP contribution in [-0.4, -0.2) is 22.1 Å². The highest BCUT2D eigenvalue weighted by molar-refractivity contribution is 9.10. The van der Waals surface area contributed by atoms with E-state index < -0.39 is 5.97 Å². The Morgan fingerprint density at radius 3 is 2.65 bits per heavy atom. The number of nitrogens with zero attached hydrogens (tertiary/aromatic N) is 1. The number of halogens is 1. The van der Waals surface area contributed by atoms with E-state index in [4.69, 9.17) is 5.11 Å². The topological polar surface area (TPSA) is 91.3 Å². The van der Waals surface area contributed by atoms with Crippen molar-refractivity contribution < 1.29 is 14.7 Å². The minimum Gasteiger partial charge on any atom is -0.476 e. The molecule has 0 saturated carbocycles. The van der Waals surface area contributed by atoms with E-state index in [2.05, 4.69) is 31.5 Å². The first-order valence-corrected chi connectivity index (χ1v) is 8.02. The standard InChI is InChI=1S/C11H10BrN3O3S2/c12-6-1-2-19-8(6)3-13-11(18)14-4-9-15-7(5-20-9)10(16)17/h1-2,5H,3-4H2,(H,16,17)(H2,13,14,18). The molecule has 2 aromatic heterocycles. The largest absolute Gasteiger partial charge is 0.476 e. The van der Waals surface area contributed by atoms with Gasteiger partial charge < -0.3 is 15.7 Å². The van der Waals surface area contributed by atoms with Crippen molar-refractivity contribution in [1.82, 2.24) is 15.6 Å². The average Bonchev–Trinajstić information content (AvgIpc) is 3.03. The Bertz CT molecular complexity index is 626. The number of thiazole rings is 1. The summed E-state index contributed by atoms with van der Waals surface area (Å²) in [4.78, 5) is 27.2. The van der Waals surface area contributed by atoms with E-state index in [1.165, 1.54) is 16.7 Å². The number of urea groups is 1. The van der Waals surface area contributed by atoms with Crippen molar-refractivity contribution >= 4 is 50.6 Å².